The van der Waals surface area contributed by atoms with Gasteiger partial charge in [-0.1, -0.05) is 35.0 Å². The number of amides is 1. The lowest BCUT2D eigenvalue weighted by Gasteiger charge is -2.07. The van der Waals surface area contributed by atoms with Crippen molar-refractivity contribution in [2.24, 2.45) is 0 Å². The van der Waals surface area contributed by atoms with Crippen molar-refractivity contribution in [2.45, 2.75) is 33.1 Å². The van der Waals surface area contributed by atoms with Crippen molar-refractivity contribution >= 4 is 23.2 Å². The number of hydrogen-bond acceptors (Lipinski definition) is 4. The summed E-state index contributed by atoms with van der Waals surface area (Å²) >= 11 is 6.14. The van der Waals surface area contributed by atoms with Gasteiger partial charge in [-0.3, -0.25) is 4.79 Å². The van der Waals surface area contributed by atoms with Gasteiger partial charge in [0.25, 0.3) is 0 Å². The van der Waals surface area contributed by atoms with E-state index in [-0.39, 0.29) is 5.91 Å². The van der Waals surface area contributed by atoms with Gasteiger partial charge in [-0.05, 0) is 55.7 Å². The zero-order valence-corrected chi connectivity index (χ0v) is 15.5. The fourth-order valence-electron chi connectivity index (χ4n) is 2.78. The number of hydrogen-bond donors (Lipinski definition) is 1. The normalized spacial score (nSPS) is 10.7. The second kappa shape index (κ2) is 8.15. The second-order valence-electron chi connectivity index (χ2n) is 6.27. The topological polar surface area (TPSA) is 68.0 Å². The maximum absolute atomic E-state index is 12.1. The Kier molecular flexibility index (Phi) is 5.68. The smallest absolute Gasteiger partial charge is 0.226 e. The van der Waals surface area contributed by atoms with Crippen LogP contribution in [0.4, 0.5) is 5.69 Å². The Balaban J connectivity index is 1.52. The molecular formula is C20H20ClN3O2. The first kappa shape index (κ1) is 18.1. The fraction of sp³-hybridized carbons (Fsp3) is 0.250. The minimum absolute atomic E-state index is 0.0270. The molecule has 0 atom stereocenters. The van der Waals surface area contributed by atoms with Crippen LogP contribution in [0.1, 0.15) is 29.9 Å². The van der Waals surface area contributed by atoms with Crippen molar-refractivity contribution in [1.82, 2.24) is 10.1 Å². The molecule has 26 heavy (non-hydrogen) atoms. The van der Waals surface area contributed by atoms with Crippen LogP contribution in [-0.2, 0) is 11.2 Å². The van der Waals surface area contributed by atoms with Gasteiger partial charge in [0.15, 0.2) is 0 Å². The van der Waals surface area contributed by atoms with Gasteiger partial charge in [0.05, 0.1) is 5.02 Å². The van der Waals surface area contributed by atoms with Gasteiger partial charge >= 0.3 is 0 Å². The summed E-state index contributed by atoms with van der Waals surface area (Å²) in [5.74, 6) is 0.935. The van der Waals surface area contributed by atoms with Crippen molar-refractivity contribution in [1.29, 1.82) is 0 Å². The molecule has 0 unspecified atom stereocenters. The highest BCUT2D eigenvalue weighted by Gasteiger charge is 2.12. The number of aryl methyl sites for hydroxylation is 3. The van der Waals surface area contributed by atoms with Crippen LogP contribution < -0.4 is 5.32 Å². The first-order chi connectivity index (χ1) is 12.5. The van der Waals surface area contributed by atoms with Crippen LogP contribution in [-0.4, -0.2) is 16.0 Å². The predicted molar refractivity (Wildman–Crippen MR) is 102 cm³/mol. The predicted octanol–water partition coefficient (Wildman–Crippen LogP) is 4.97. The van der Waals surface area contributed by atoms with Gasteiger partial charge in [0.2, 0.25) is 17.6 Å². The van der Waals surface area contributed by atoms with Gasteiger partial charge < -0.3 is 9.84 Å². The number of rotatable bonds is 6. The van der Waals surface area contributed by atoms with Gasteiger partial charge in [0.1, 0.15) is 0 Å². The van der Waals surface area contributed by atoms with Crippen LogP contribution in [0, 0.1) is 13.8 Å². The van der Waals surface area contributed by atoms with Crippen LogP contribution in [0.25, 0.3) is 11.4 Å². The van der Waals surface area contributed by atoms with E-state index in [9.17, 15) is 4.79 Å². The number of aromatic nitrogens is 2. The van der Waals surface area contributed by atoms with E-state index in [1.807, 2.05) is 44.2 Å². The maximum Gasteiger partial charge on any atom is 0.226 e. The largest absolute Gasteiger partial charge is 0.339 e. The highest BCUT2D eigenvalue weighted by molar-refractivity contribution is 6.33. The fourth-order valence-corrected chi connectivity index (χ4v) is 3.00. The van der Waals surface area contributed by atoms with Crippen molar-refractivity contribution in [3.63, 3.8) is 0 Å². The molecule has 5 nitrogen and oxygen atoms in total. The molecule has 2 aromatic carbocycles. The summed E-state index contributed by atoms with van der Waals surface area (Å²) in [5.41, 5.74) is 3.81. The number of halogens is 1. The van der Waals surface area contributed by atoms with E-state index in [1.54, 1.807) is 6.07 Å². The highest BCUT2D eigenvalue weighted by atomic mass is 35.5. The second-order valence-corrected chi connectivity index (χ2v) is 6.68. The van der Waals surface area contributed by atoms with E-state index in [0.717, 1.165) is 22.4 Å². The van der Waals surface area contributed by atoms with Gasteiger partial charge in [-0.2, -0.15) is 4.98 Å². The van der Waals surface area contributed by atoms with Crippen molar-refractivity contribution in [3.8, 4) is 11.4 Å². The minimum atomic E-state index is -0.0270. The third kappa shape index (κ3) is 4.70. The van der Waals surface area contributed by atoms with Gasteiger partial charge in [-0.15, -0.1) is 0 Å². The lowest BCUT2D eigenvalue weighted by molar-refractivity contribution is -0.116. The van der Waals surface area contributed by atoms with Crippen molar-refractivity contribution < 1.29 is 9.32 Å². The summed E-state index contributed by atoms with van der Waals surface area (Å²) in [6.07, 6.45) is 1.55. The Morgan fingerprint density at radius 3 is 2.62 bits per heavy atom. The molecule has 0 radical (unpaired) electrons. The lowest BCUT2D eigenvalue weighted by Crippen LogP contribution is -2.11. The molecule has 1 aromatic heterocycles. The average molecular weight is 370 g/mol. The Labute approximate surface area is 157 Å². The molecule has 0 aliphatic heterocycles. The molecule has 0 saturated heterocycles. The standard InChI is InChI=1S/C20H20ClN3O2/c1-13-10-14(2)12-15(11-13)22-18(25)8-5-9-19-23-20(24-26-19)16-6-3-4-7-17(16)21/h3-4,6-7,10-12H,5,8-9H2,1-2H3,(H,22,25). The quantitative estimate of drug-likeness (QED) is 0.666. The molecule has 6 heteroatoms. The molecule has 0 fully saturated rings. The third-order valence-corrected chi connectivity index (χ3v) is 4.21. The first-order valence-corrected chi connectivity index (χ1v) is 8.85. The average Bonchev–Trinajstić information content (AvgIpc) is 3.03. The van der Waals surface area contributed by atoms with Crippen molar-refractivity contribution in [2.75, 3.05) is 5.32 Å². The Hall–Kier alpha value is -2.66. The molecule has 0 spiro atoms. The first-order valence-electron chi connectivity index (χ1n) is 8.47. The van der Waals surface area contributed by atoms with Crippen LogP contribution >= 0.6 is 11.6 Å². The highest BCUT2D eigenvalue weighted by Crippen LogP contribution is 2.25. The van der Waals surface area contributed by atoms with Crippen LogP contribution in [0.15, 0.2) is 47.0 Å². The van der Waals surface area contributed by atoms with E-state index in [2.05, 4.69) is 21.5 Å². The molecule has 0 saturated carbocycles. The molecule has 1 N–H and O–H groups in total. The summed E-state index contributed by atoms with van der Waals surface area (Å²) in [6, 6.07) is 13.3. The number of anilines is 1. The minimum Gasteiger partial charge on any atom is -0.339 e. The summed E-state index contributed by atoms with van der Waals surface area (Å²) < 4.78 is 5.25. The molecule has 1 heterocycles. The monoisotopic (exact) mass is 369 g/mol. The zero-order chi connectivity index (χ0) is 18.5. The maximum atomic E-state index is 12.1. The van der Waals surface area contributed by atoms with E-state index in [0.29, 0.717) is 36.0 Å². The SMILES string of the molecule is Cc1cc(C)cc(NC(=O)CCCc2nc(-c3ccccc3Cl)no2)c1. The zero-order valence-electron chi connectivity index (χ0n) is 14.8. The molecule has 0 aliphatic rings. The van der Waals surface area contributed by atoms with E-state index < -0.39 is 0 Å². The van der Waals surface area contributed by atoms with Crippen LogP contribution in [0.5, 0.6) is 0 Å². The molecule has 3 rings (SSSR count). The number of nitrogens with one attached hydrogen (secondary N) is 1. The molecule has 1 amide bonds. The van der Waals surface area contributed by atoms with E-state index in [4.69, 9.17) is 16.1 Å². The van der Waals surface area contributed by atoms with Crippen LogP contribution in [0.3, 0.4) is 0 Å². The summed E-state index contributed by atoms with van der Waals surface area (Å²) in [5, 5.41) is 7.46. The molecule has 3 aromatic rings. The Morgan fingerprint density at radius 1 is 1.15 bits per heavy atom. The summed E-state index contributed by atoms with van der Waals surface area (Å²) in [6.45, 7) is 4.02. The Morgan fingerprint density at radius 2 is 1.88 bits per heavy atom. The molecular weight excluding hydrogens is 350 g/mol. The number of carbonyl (C=O) groups excluding carboxylic acids is 1. The van der Waals surface area contributed by atoms with Gasteiger partial charge in [-0.25, -0.2) is 0 Å². The van der Waals surface area contributed by atoms with Crippen molar-refractivity contribution in [3.05, 3.63) is 64.5 Å². The summed E-state index contributed by atoms with van der Waals surface area (Å²) in [4.78, 5) is 16.5. The Bertz CT molecular complexity index is 901. The third-order valence-electron chi connectivity index (χ3n) is 3.88. The van der Waals surface area contributed by atoms with E-state index in [1.165, 1.54) is 0 Å². The number of benzene rings is 2. The molecule has 134 valence electrons. The summed E-state index contributed by atoms with van der Waals surface area (Å²) in [7, 11) is 0. The number of nitrogens with zero attached hydrogens (tertiary/aromatic N) is 2. The van der Waals surface area contributed by atoms with Crippen LogP contribution in [0.2, 0.25) is 5.02 Å². The molecule has 0 bridgehead atoms. The lowest BCUT2D eigenvalue weighted by atomic mass is 10.1. The molecule has 0 aliphatic carbocycles. The van der Waals surface area contributed by atoms with Gasteiger partial charge in [0, 0.05) is 24.1 Å². The van der Waals surface area contributed by atoms with E-state index >= 15 is 0 Å². The number of carbonyl (C=O) groups is 1.